The Bertz CT molecular complexity index is 391. The first-order chi connectivity index (χ1) is 9.94. The highest BCUT2D eigenvalue weighted by Crippen LogP contribution is 2.36. The molecule has 2 amide bonds. The van der Waals surface area contributed by atoms with Gasteiger partial charge in [-0.2, -0.15) is 0 Å². The van der Waals surface area contributed by atoms with E-state index in [1.807, 2.05) is 0 Å². The minimum absolute atomic E-state index is 0.124. The van der Waals surface area contributed by atoms with Crippen molar-refractivity contribution in [2.45, 2.75) is 51.6 Å². The number of hydrogen-bond donors (Lipinski definition) is 3. The molecule has 0 bridgehead atoms. The summed E-state index contributed by atoms with van der Waals surface area (Å²) in [5, 5.41) is 21.8. The van der Waals surface area contributed by atoms with Crippen molar-refractivity contribution in [3.63, 3.8) is 0 Å². The molecule has 0 aromatic carbocycles. The number of aliphatic carboxylic acids is 1. The zero-order valence-corrected chi connectivity index (χ0v) is 12.7. The molecule has 0 spiro atoms. The number of carboxylic acid groups (broad SMARTS) is 1. The molecule has 2 aliphatic rings. The summed E-state index contributed by atoms with van der Waals surface area (Å²) in [4.78, 5) is 25.4. The van der Waals surface area contributed by atoms with Crippen molar-refractivity contribution in [3.8, 4) is 0 Å². The molecule has 2 atom stereocenters. The van der Waals surface area contributed by atoms with Gasteiger partial charge >= 0.3 is 12.0 Å². The number of carboxylic acids is 1. The lowest BCUT2D eigenvalue weighted by atomic mass is 9.74. The van der Waals surface area contributed by atoms with Gasteiger partial charge in [0.15, 0.2) is 0 Å². The Kier molecular flexibility index (Phi) is 5.08. The zero-order chi connectivity index (χ0) is 15.5. The largest absolute Gasteiger partial charge is 0.481 e. The molecule has 120 valence electrons. The van der Waals surface area contributed by atoms with Gasteiger partial charge in [0.05, 0.1) is 11.5 Å². The first kappa shape index (κ1) is 16.1. The summed E-state index contributed by atoms with van der Waals surface area (Å²) >= 11 is 0. The summed E-state index contributed by atoms with van der Waals surface area (Å²) in [5.74, 6) is -0.676. The lowest BCUT2D eigenvalue weighted by molar-refractivity contribution is -0.150. The monoisotopic (exact) mass is 298 g/mol. The number of urea groups is 1. The van der Waals surface area contributed by atoms with Crippen LogP contribution >= 0.6 is 0 Å². The number of amides is 2. The van der Waals surface area contributed by atoms with Gasteiger partial charge in [-0.1, -0.05) is 19.3 Å². The number of carbonyl (C=O) groups excluding carboxylic acids is 1. The summed E-state index contributed by atoms with van der Waals surface area (Å²) in [7, 11) is 0. The van der Waals surface area contributed by atoms with Crippen molar-refractivity contribution < 1.29 is 19.8 Å². The van der Waals surface area contributed by atoms with E-state index in [1.165, 1.54) is 0 Å². The van der Waals surface area contributed by atoms with Gasteiger partial charge in [-0.05, 0) is 26.2 Å². The summed E-state index contributed by atoms with van der Waals surface area (Å²) in [5.41, 5.74) is -0.794. The highest BCUT2D eigenvalue weighted by Gasteiger charge is 2.40. The maximum atomic E-state index is 12.2. The quantitative estimate of drug-likeness (QED) is 0.732. The molecule has 0 aromatic rings. The number of aliphatic hydroxyl groups is 1. The van der Waals surface area contributed by atoms with Crippen molar-refractivity contribution >= 4 is 12.0 Å². The first-order valence-corrected chi connectivity index (χ1v) is 7.89. The fourth-order valence-corrected chi connectivity index (χ4v) is 3.42. The van der Waals surface area contributed by atoms with E-state index in [1.54, 1.807) is 11.8 Å². The minimum Gasteiger partial charge on any atom is -0.481 e. The lowest BCUT2D eigenvalue weighted by Crippen LogP contribution is -2.48. The molecule has 3 N–H and O–H groups in total. The topological polar surface area (TPSA) is 89.9 Å². The van der Waals surface area contributed by atoms with Gasteiger partial charge in [-0.15, -0.1) is 0 Å². The molecule has 2 rings (SSSR count). The molecule has 2 unspecified atom stereocenters. The third-order valence-electron chi connectivity index (χ3n) is 5.04. The van der Waals surface area contributed by atoms with E-state index in [0.717, 1.165) is 25.7 Å². The van der Waals surface area contributed by atoms with Crippen molar-refractivity contribution in [1.82, 2.24) is 10.2 Å². The van der Waals surface area contributed by atoms with Crippen LogP contribution in [0.4, 0.5) is 4.79 Å². The number of carbonyl (C=O) groups is 2. The van der Waals surface area contributed by atoms with E-state index >= 15 is 0 Å². The Labute approximate surface area is 125 Å². The zero-order valence-electron chi connectivity index (χ0n) is 12.7. The molecule has 1 saturated heterocycles. The van der Waals surface area contributed by atoms with Crippen molar-refractivity contribution in [2.75, 3.05) is 19.6 Å². The predicted molar refractivity (Wildman–Crippen MR) is 77.9 cm³/mol. The van der Waals surface area contributed by atoms with Crippen LogP contribution in [0, 0.1) is 11.3 Å². The van der Waals surface area contributed by atoms with Crippen molar-refractivity contribution in [2.24, 2.45) is 11.3 Å². The minimum atomic E-state index is -0.800. The molecule has 21 heavy (non-hydrogen) atoms. The Morgan fingerprint density at radius 3 is 2.52 bits per heavy atom. The summed E-state index contributed by atoms with van der Waals surface area (Å²) in [6.45, 7) is 3.12. The third kappa shape index (κ3) is 3.67. The second-order valence-corrected chi connectivity index (χ2v) is 6.54. The highest BCUT2D eigenvalue weighted by molar-refractivity contribution is 5.78. The van der Waals surface area contributed by atoms with E-state index in [4.69, 9.17) is 0 Å². The van der Waals surface area contributed by atoms with E-state index in [9.17, 15) is 19.8 Å². The Hall–Kier alpha value is -1.30. The van der Waals surface area contributed by atoms with Crippen LogP contribution < -0.4 is 5.32 Å². The van der Waals surface area contributed by atoms with Crippen LogP contribution in [0.2, 0.25) is 0 Å². The van der Waals surface area contributed by atoms with E-state index in [2.05, 4.69) is 5.32 Å². The molecule has 6 heteroatoms. The van der Waals surface area contributed by atoms with Gasteiger partial charge < -0.3 is 20.4 Å². The average Bonchev–Trinajstić information content (AvgIpc) is 2.95. The van der Waals surface area contributed by atoms with E-state index in [0.29, 0.717) is 25.9 Å². The maximum Gasteiger partial charge on any atom is 0.317 e. The first-order valence-electron chi connectivity index (χ1n) is 7.89. The maximum absolute atomic E-state index is 12.2. The van der Waals surface area contributed by atoms with Crippen LogP contribution in [0.25, 0.3) is 0 Å². The van der Waals surface area contributed by atoms with Gasteiger partial charge in [0.2, 0.25) is 0 Å². The van der Waals surface area contributed by atoms with Gasteiger partial charge in [-0.25, -0.2) is 4.79 Å². The lowest BCUT2D eigenvalue weighted by Gasteiger charge is -2.33. The van der Waals surface area contributed by atoms with E-state index < -0.39 is 17.5 Å². The molecule has 1 aliphatic heterocycles. The standard InChI is InChI=1S/C15H26N2O4/c1-11(18)12-5-8-17(9-12)14(21)16-10-15(13(19)20)6-3-2-4-7-15/h11-12,18H,2-10H2,1H3,(H,16,21)(H,19,20). The molecule has 0 radical (unpaired) electrons. The molecule has 2 fully saturated rings. The second-order valence-electron chi connectivity index (χ2n) is 6.54. The van der Waals surface area contributed by atoms with Crippen LogP contribution in [-0.4, -0.2) is 52.9 Å². The molecular weight excluding hydrogens is 272 g/mol. The van der Waals surface area contributed by atoms with Gasteiger partial charge in [0.1, 0.15) is 0 Å². The predicted octanol–water partition coefficient (Wildman–Crippen LogP) is 1.43. The summed E-state index contributed by atoms with van der Waals surface area (Å²) in [6, 6.07) is -0.204. The third-order valence-corrected chi connectivity index (χ3v) is 5.04. The van der Waals surface area contributed by atoms with Crippen molar-refractivity contribution in [3.05, 3.63) is 0 Å². The van der Waals surface area contributed by atoms with Crippen LogP contribution in [0.15, 0.2) is 0 Å². The molecule has 1 aliphatic carbocycles. The number of rotatable bonds is 4. The summed E-state index contributed by atoms with van der Waals surface area (Å²) < 4.78 is 0. The van der Waals surface area contributed by atoms with Gasteiger partial charge in [0.25, 0.3) is 0 Å². The Balaban J connectivity index is 1.86. The molecule has 1 heterocycles. The van der Waals surface area contributed by atoms with E-state index in [-0.39, 0.29) is 18.5 Å². The van der Waals surface area contributed by atoms with Crippen LogP contribution in [0.5, 0.6) is 0 Å². The SMILES string of the molecule is CC(O)C1CCN(C(=O)NCC2(C(=O)O)CCCCC2)C1. The molecule has 0 aromatic heterocycles. The Morgan fingerprint density at radius 2 is 2.00 bits per heavy atom. The summed E-state index contributed by atoms with van der Waals surface area (Å²) in [6.07, 6.45) is 4.57. The number of nitrogens with one attached hydrogen (secondary N) is 1. The highest BCUT2D eigenvalue weighted by atomic mass is 16.4. The Morgan fingerprint density at radius 1 is 1.33 bits per heavy atom. The van der Waals surface area contributed by atoms with Crippen LogP contribution in [0.1, 0.15) is 45.4 Å². The van der Waals surface area contributed by atoms with Crippen LogP contribution in [-0.2, 0) is 4.79 Å². The number of aliphatic hydroxyl groups excluding tert-OH is 1. The second kappa shape index (κ2) is 6.64. The van der Waals surface area contributed by atoms with Crippen molar-refractivity contribution in [1.29, 1.82) is 0 Å². The molecular formula is C15H26N2O4. The molecule has 6 nitrogen and oxygen atoms in total. The van der Waals surface area contributed by atoms with Gasteiger partial charge in [-0.3, -0.25) is 4.79 Å². The number of hydrogen-bond acceptors (Lipinski definition) is 3. The van der Waals surface area contributed by atoms with Crippen LogP contribution in [0.3, 0.4) is 0 Å². The fourth-order valence-electron chi connectivity index (χ4n) is 3.42. The fraction of sp³-hybridized carbons (Fsp3) is 0.867. The normalized spacial score (nSPS) is 26.4. The number of likely N-dealkylation sites (tertiary alicyclic amines) is 1. The number of nitrogens with zero attached hydrogens (tertiary/aromatic N) is 1. The molecule has 1 saturated carbocycles. The van der Waals surface area contributed by atoms with Gasteiger partial charge in [0, 0.05) is 25.6 Å². The average molecular weight is 298 g/mol. The smallest absolute Gasteiger partial charge is 0.317 e.